The molecule has 5 heteroatoms. The Hall–Kier alpha value is -2.33. The molecule has 0 aromatic heterocycles. The van der Waals surface area contributed by atoms with E-state index in [0.717, 1.165) is 5.56 Å². The monoisotopic (exact) mass is 344 g/mol. The van der Waals surface area contributed by atoms with Gasteiger partial charge in [-0.05, 0) is 35.9 Å². The molecule has 4 nitrogen and oxygen atoms in total. The number of carbonyl (C=O) groups is 2. The minimum atomic E-state index is -0.254. The van der Waals surface area contributed by atoms with Crippen LogP contribution in [0.4, 0.5) is 5.69 Å². The first-order valence-corrected chi connectivity index (χ1v) is 8.08. The van der Waals surface area contributed by atoms with E-state index < -0.39 is 0 Å². The van der Waals surface area contributed by atoms with Crippen LogP contribution in [0.25, 0.3) is 0 Å². The van der Waals surface area contributed by atoms with Crippen molar-refractivity contribution in [2.45, 2.75) is 26.2 Å². The maximum Gasteiger partial charge on any atom is 0.251 e. The van der Waals surface area contributed by atoms with Crippen molar-refractivity contribution in [1.29, 1.82) is 0 Å². The highest BCUT2D eigenvalue weighted by Gasteiger charge is 2.22. The molecule has 2 aromatic rings. The third kappa shape index (κ3) is 4.83. The van der Waals surface area contributed by atoms with E-state index in [0.29, 0.717) is 22.8 Å². The molecular weight excluding hydrogens is 324 g/mol. The van der Waals surface area contributed by atoms with Gasteiger partial charge in [0.2, 0.25) is 5.91 Å². The van der Waals surface area contributed by atoms with Crippen molar-refractivity contribution in [3.63, 3.8) is 0 Å². The third-order valence-corrected chi connectivity index (χ3v) is 3.98. The van der Waals surface area contributed by atoms with Gasteiger partial charge in [0.1, 0.15) is 0 Å². The van der Waals surface area contributed by atoms with Gasteiger partial charge in [0.05, 0.1) is 0 Å². The number of nitrogens with one attached hydrogen (secondary N) is 2. The van der Waals surface area contributed by atoms with E-state index in [9.17, 15) is 9.59 Å². The summed E-state index contributed by atoms with van der Waals surface area (Å²) in [6.45, 7) is 6.00. The van der Waals surface area contributed by atoms with Gasteiger partial charge in [0.15, 0.2) is 0 Å². The van der Waals surface area contributed by atoms with Crippen LogP contribution in [0.5, 0.6) is 0 Å². The van der Waals surface area contributed by atoms with Gasteiger partial charge in [-0.25, -0.2) is 0 Å². The lowest BCUT2D eigenvalue weighted by Gasteiger charge is -2.26. The highest BCUT2D eigenvalue weighted by molar-refractivity contribution is 6.30. The molecule has 0 heterocycles. The van der Waals surface area contributed by atoms with Crippen molar-refractivity contribution in [3.8, 4) is 0 Å². The molecule has 0 aliphatic heterocycles. The molecule has 0 fully saturated rings. The number of amides is 2. The van der Waals surface area contributed by atoms with Crippen molar-refractivity contribution in [2.24, 2.45) is 0 Å². The zero-order chi connectivity index (χ0) is 17.7. The molecule has 126 valence electrons. The number of hydrogen-bond donors (Lipinski definition) is 2. The molecule has 0 bridgehead atoms. The molecule has 0 saturated heterocycles. The van der Waals surface area contributed by atoms with Gasteiger partial charge < -0.3 is 10.6 Å². The Morgan fingerprint density at radius 1 is 1.08 bits per heavy atom. The van der Waals surface area contributed by atoms with Crippen molar-refractivity contribution in [1.82, 2.24) is 5.32 Å². The highest BCUT2D eigenvalue weighted by atomic mass is 35.5. The summed E-state index contributed by atoms with van der Waals surface area (Å²) in [6, 6.07) is 14.5. The Balaban J connectivity index is 2.06. The van der Waals surface area contributed by atoms with E-state index in [1.807, 2.05) is 38.1 Å². The zero-order valence-corrected chi connectivity index (χ0v) is 14.8. The topological polar surface area (TPSA) is 58.2 Å². The first kappa shape index (κ1) is 18.0. The Kier molecular flexibility index (Phi) is 5.62. The lowest BCUT2D eigenvalue weighted by atomic mass is 9.84. The SMILES string of the molecule is CC(=O)Nc1cccc(C(=O)NCC(C)(C)c2cccc(Cl)c2)c1. The molecule has 0 atom stereocenters. The molecule has 0 spiro atoms. The minimum Gasteiger partial charge on any atom is -0.351 e. The van der Waals surface area contributed by atoms with Crippen molar-refractivity contribution < 1.29 is 9.59 Å². The van der Waals surface area contributed by atoms with E-state index in [-0.39, 0.29) is 17.2 Å². The summed E-state index contributed by atoms with van der Waals surface area (Å²) >= 11 is 6.05. The average Bonchev–Trinajstić information content (AvgIpc) is 2.52. The lowest BCUT2D eigenvalue weighted by Crippen LogP contribution is -2.36. The number of hydrogen-bond acceptors (Lipinski definition) is 2. The average molecular weight is 345 g/mol. The van der Waals surface area contributed by atoms with Crippen molar-refractivity contribution in [2.75, 3.05) is 11.9 Å². The second-order valence-electron chi connectivity index (χ2n) is 6.34. The van der Waals surface area contributed by atoms with E-state index in [1.165, 1.54) is 6.92 Å². The van der Waals surface area contributed by atoms with E-state index in [1.54, 1.807) is 24.3 Å². The Morgan fingerprint density at radius 2 is 1.79 bits per heavy atom. The fraction of sp³-hybridized carbons (Fsp3) is 0.263. The molecule has 0 aliphatic carbocycles. The first-order valence-electron chi connectivity index (χ1n) is 7.70. The van der Waals surface area contributed by atoms with Crippen LogP contribution in [0.15, 0.2) is 48.5 Å². The van der Waals surface area contributed by atoms with Crippen molar-refractivity contribution in [3.05, 3.63) is 64.7 Å². The van der Waals surface area contributed by atoms with E-state index in [4.69, 9.17) is 11.6 Å². The Labute approximate surface area is 147 Å². The summed E-state index contributed by atoms with van der Waals surface area (Å²) in [5.41, 5.74) is 1.91. The number of benzene rings is 2. The molecule has 0 aliphatic rings. The molecule has 0 radical (unpaired) electrons. The quantitative estimate of drug-likeness (QED) is 0.861. The van der Waals surface area contributed by atoms with Crippen LogP contribution in [0.1, 0.15) is 36.7 Å². The predicted octanol–water partition coefficient (Wildman–Crippen LogP) is 4.01. The van der Waals surface area contributed by atoms with Crippen LogP contribution < -0.4 is 10.6 Å². The molecule has 24 heavy (non-hydrogen) atoms. The van der Waals surface area contributed by atoms with Gasteiger partial charge >= 0.3 is 0 Å². The maximum atomic E-state index is 12.4. The summed E-state index contributed by atoms with van der Waals surface area (Å²) in [6.07, 6.45) is 0. The predicted molar refractivity (Wildman–Crippen MR) is 97.6 cm³/mol. The van der Waals surface area contributed by atoms with Gasteiger partial charge in [-0.2, -0.15) is 0 Å². The normalized spacial score (nSPS) is 11.0. The summed E-state index contributed by atoms with van der Waals surface area (Å²) in [5.74, 6) is -0.355. The summed E-state index contributed by atoms with van der Waals surface area (Å²) in [4.78, 5) is 23.5. The van der Waals surface area contributed by atoms with Gasteiger partial charge in [-0.3, -0.25) is 9.59 Å². The van der Waals surface area contributed by atoms with Gasteiger partial charge in [0.25, 0.3) is 5.91 Å². The lowest BCUT2D eigenvalue weighted by molar-refractivity contribution is -0.114. The molecule has 0 unspecified atom stereocenters. The Bertz CT molecular complexity index is 757. The number of carbonyl (C=O) groups excluding carboxylic acids is 2. The fourth-order valence-corrected chi connectivity index (χ4v) is 2.55. The fourth-order valence-electron chi connectivity index (χ4n) is 2.36. The molecule has 2 N–H and O–H groups in total. The van der Waals surface area contributed by atoms with Gasteiger partial charge in [-0.1, -0.05) is 43.6 Å². The smallest absolute Gasteiger partial charge is 0.251 e. The summed E-state index contributed by atoms with van der Waals surface area (Å²) < 4.78 is 0. The van der Waals surface area contributed by atoms with Gasteiger partial charge in [0, 0.05) is 35.2 Å². The number of rotatable bonds is 5. The van der Waals surface area contributed by atoms with Crippen LogP contribution in [-0.2, 0) is 10.2 Å². The molecule has 0 saturated carbocycles. The second-order valence-corrected chi connectivity index (χ2v) is 6.78. The van der Waals surface area contributed by atoms with Crippen molar-refractivity contribution >= 4 is 29.1 Å². The standard InChI is InChI=1S/C19H21ClN2O2/c1-13(23)22-17-9-4-6-14(10-17)18(24)21-12-19(2,3)15-7-5-8-16(20)11-15/h4-11H,12H2,1-3H3,(H,21,24)(H,22,23). The van der Waals surface area contributed by atoms with Crippen LogP contribution in [-0.4, -0.2) is 18.4 Å². The van der Waals surface area contributed by atoms with Crippen LogP contribution in [0.3, 0.4) is 0 Å². The number of halogens is 1. The van der Waals surface area contributed by atoms with Crippen LogP contribution >= 0.6 is 11.6 Å². The molecule has 2 rings (SSSR count). The maximum absolute atomic E-state index is 12.4. The molecular formula is C19H21ClN2O2. The van der Waals surface area contributed by atoms with Gasteiger partial charge in [-0.15, -0.1) is 0 Å². The van der Waals surface area contributed by atoms with E-state index in [2.05, 4.69) is 10.6 Å². The first-order chi connectivity index (χ1) is 11.3. The number of anilines is 1. The summed E-state index contributed by atoms with van der Waals surface area (Å²) in [5, 5.41) is 6.29. The van der Waals surface area contributed by atoms with Crippen LogP contribution in [0, 0.1) is 0 Å². The highest BCUT2D eigenvalue weighted by Crippen LogP contribution is 2.25. The summed E-state index contributed by atoms with van der Waals surface area (Å²) in [7, 11) is 0. The largest absolute Gasteiger partial charge is 0.351 e. The Morgan fingerprint density at radius 3 is 2.46 bits per heavy atom. The minimum absolute atomic E-state index is 0.172. The van der Waals surface area contributed by atoms with Crippen LogP contribution in [0.2, 0.25) is 5.02 Å². The second kappa shape index (κ2) is 7.49. The van der Waals surface area contributed by atoms with E-state index >= 15 is 0 Å². The third-order valence-electron chi connectivity index (χ3n) is 3.74. The molecule has 2 aromatic carbocycles. The molecule has 2 amide bonds. The zero-order valence-electron chi connectivity index (χ0n) is 14.0.